The number of hydrogen-bond acceptors (Lipinski definition) is 6. The highest BCUT2D eigenvalue weighted by molar-refractivity contribution is 7.98. The second-order valence-electron chi connectivity index (χ2n) is 7.86. The van der Waals surface area contributed by atoms with Crippen molar-refractivity contribution in [3.8, 4) is 0 Å². The van der Waals surface area contributed by atoms with Crippen molar-refractivity contribution in [2.24, 2.45) is 0 Å². The summed E-state index contributed by atoms with van der Waals surface area (Å²) >= 11 is 1.47. The van der Waals surface area contributed by atoms with Gasteiger partial charge in [0.05, 0.1) is 0 Å². The van der Waals surface area contributed by atoms with Gasteiger partial charge in [-0.25, -0.2) is 9.59 Å². The van der Waals surface area contributed by atoms with Gasteiger partial charge in [0, 0.05) is 6.42 Å². The number of thioether (sulfide) groups is 1. The minimum absolute atomic E-state index is 0.0395. The molecule has 0 fully saturated rings. The SMILES string of the molecule is CSCCC(NC(=O)C(C)NC(=O)C(Cc1ccccc1)NC(=O)OCc1ccccc1)C(=O)O. The van der Waals surface area contributed by atoms with E-state index in [-0.39, 0.29) is 19.4 Å². The maximum atomic E-state index is 13.0. The molecule has 0 radical (unpaired) electrons. The first-order valence-corrected chi connectivity index (χ1v) is 12.5. The molecule has 0 aliphatic carbocycles. The lowest BCUT2D eigenvalue weighted by molar-refractivity contribution is -0.142. The zero-order valence-electron chi connectivity index (χ0n) is 19.7. The van der Waals surface area contributed by atoms with Crippen molar-refractivity contribution in [1.82, 2.24) is 16.0 Å². The largest absolute Gasteiger partial charge is 0.480 e. The molecule has 10 heteroatoms. The third-order valence-electron chi connectivity index (χ3n) is 5.08. The van der Waals surface area contributed by atoms with E-state index in [0.29, 0.717) is 5.75 Å². The maximum Gasteiger partial charge on any atom is 0.408 e. The predicted octanol–water partition coefficient (Wildman–Crippen LogP) is 2.35. The third-order valence-corrected chi connectivity index (χ3v) is 5.73. The van der Waals surface area contributed by atoms with E-state index in [4.69, 9.17) is 4.74 Å². The number of ether oxygens (including phenoxy) is 1. The average molecular weight is 502 g/mol. The lowest BCUT2D eigenvalue weighted by Gasteiger charge is -2.22. The van der Waals surface area contributed by atoms with Crippen molar-refractivity contribution < 1.29 is 29.0 Å². The first-order valence-electron chi connectivity index (χ1n) is 11.1. The molecule has 2 rings (SSSR count). The van der Waals surface area contributed by atoms with Crippen LogP contribution in [0.1, 0.15) is 24.5 Å². The summed E-state index contributed by atoms with van der Waals surface area (Å²) in [5.74, 6) is -1.80. The van der Waals surface area contributed by atoms with Gasteiger partial charge in [0.15, 0.2) is 0 Å². The van der Waals surface area contributed by atoms with E-state index in [1.165, 1.54) is 18.7 Å². The lowest BCUT2D eigenvalue weighted by atomic mass is 10.0. The number of benzene rings is 2. The van der Waals surface area contributed by atoms with Crippen LogP contribution in [0.5, 0.6) is 0 Å². The van der Waals surface area contributed by atoms with Crippen LogP contribution in [0.4, 0.5) is 4.79 Å². The van der Waals surface area contributed by atoms with Crippen LogP contribution in [-0.2, 0) is 32.1 Å². The number of aliphatic carboxylic acids is 1. The highest BCUT2D eigenvalue weighted by atomic mass is 32.2. The van der Waals surface area contributed by atoms with Crippen LogP contribution in [0, 0.1) is 0 Å². The Labute approximate surface area is 209 Å². The Morgan fingerprint density at radius 3 is 2.03 bits per heavy atom. The van der Waals surface area contributed by atoms with Crippen LogP contribution in [-0.4, -0.2) is 59.1 Å². The Balaban J connectivity index is 2.01. The zero-order valence-corrected chi connectivity index (χ0v) is 20.5. The average Bonchev–Trinajstić information content (AvgIpc) is 2.85. The monoisotopic (exact) mass is 501 g/mol. The first kappa shape index (κ1) is 27.7. The molecule has 0 heterocycles. The topological polar surface area (TPSA) is 134 Å². The van der Waals surface area contributed by atoms with Crippen LogP contribution in [0.25, 0.3) is 0 Å². The second-order valence-corrected chi connectivity index (χ2v) is 8.85. The minimum Gasteiger partial charge on any atom is -0.480 e. The van der Waals surface area contributed by atoms with Crippen molar-refractivity contribution >= 4 is 35.6 Å². The van der Waals surface area contributed by atoms with Gasteiger partial charge in [-0.05, 0) is 36.5 Å². The molecule has 0 aliphatic heterocycles. The van der Waals surface area contributed by atoms with Crippen molar-refractivity contribution in [2.45, 2.75) is 44.5 Å². The number of carbonyl (C=O) groups excluding carboxylic acids is 3. The van der Waals surface area contributed by atoms with E-state index < -0.39 is 42.0 Å². The zero-order chi connectivity index (χ0) is 25.6. The normalized spacial score (nSPS) is 13.1. The second kappa shape index (κ2) is 14.7. The Bertz CT molecular complexity index is 974. The van der Waals surface area contributed by atoms with E-state index in [1.807, 2.05) is 66.9 Å². The molecular weight excluding hydrogens is 470 g/mol. The van der Waals surface area contributed by atoms with Gasteiger partial charge >= 0.3 is 12.1 Å². The molecular formula is C25H31N3O6S. The fraction of sp³-hybridized carbons (Fsp3) is 0.360. The van der Waals surface area contributed by atoms with E-state index in [9.17, 15) is 24.3 Å². The van der Waals surface area contributed by atoms with Gasteiger partial charge in [0.2, 0.25) is 11.8 Å². The van der Waals surface area contributed by atoms with Gasteiger partial charge in [0.1, 0.15) is 24.7 Å². The van der Waals surface area contributed by atoms with Gasteiger partial charge in [-0.1, -0.05) is 60.7 Å². The smallest absolute Gasteiger partial charge is 0.408 e. The molecule has 2 aromatic rings. The summed E-state index contributed by atoms with van der Waals surface area (Å²) in [6.45, 7) is 1.49. The summed E-state index contributed by atoms with van der Waals surface area (Å²) in [5, 5.41) is 16.9. The molecule has 2 aromatic carbocycles. The molecule has 0 aromatic heterocycles. The summed E-state index contributed by atoms with van der Waals surface area (Å²) in [7, 11) is 0. The van der Waals surface area contributed by atoms with Crippen LogP contribution >= 0.6 is 11.8 Å². The van der Waals surface area contributed by atoms with E-state index in [2.05, 4.69) is 16.0 Å². The summed E-state index contributed by atoms with van der Waals surface area (Å²) < 4.78 is 5.24. The number of nitrogens with one attached hydrogen (secondary N) is 3. The van der Waals surface area contributed by atoms with Crippen molar-refractivity contribution in [3.05, 3.63) is 71.8 Å². The number of hydrogen-bond donors (Lipinski definition) is 4. The van der Waals surface area contributed by atoms with Gasteiger partial charge in [0.25, 0.3) is 0 Å². The Morgan fingerprint density at radius 1 is 0.857 bits per heavy atom. The van der Waals surface area contributed by atoms with Gasteiger partial charge < -0.3 is 25.8 Å². The molecule has 9 nitrogen and oxygen atoms in total. The highest BCUT2D eigenvalue weighted by Crippen LogP contribution is 2.06. The van der Waals surface area contributed by atoms with Gasteiger partial charge in [-0.3, -0.25) is 9.59 Å². The fourth-order valence-corrected chi connectivity index (χ4v) is 3.61. The van der Waals surface area contributed by atoms with Crippen LogP contribution in [0.15, 0.2) is 60.7 Å². The first-order chi connectivity index (χ1) is 16.8. The van der Waals surface area contributed by atoms with E-state index >= 15 is 0 Å². The number of carbonyl (C=O) groups is 4. The molecule has 0 saturated carbocycles. The summed E-state index contributed by atoms with van der Waals surface area (Å²) in [5.41, 5.74) is 1.60. The van der Waals surface area contributed by atoms with Crippen LogP contribution in [0.3, 0.4) is 0 Å². The number of carboxylic acid groups (broad SMARTS) is 1. The molecule has 35 heavy (non-hydrogen) atoms. The summed E-state index contributed by atoms with van der Waals surface area (Å²) in [4.78, 5) is 49.3. The number of rotatable bonds is 13. The summed E-state index contributed by atoms with van der Waals surface area (Å²) in [6, 6.07) is 15.1. The standard InChI is InChI=1S/C25H31N3O6S/c1-17(22(29)27-20(24(31)32)13-14-35-2)26-23(30)21(15-18-9-5-3-6-10-18)28-25(33)34-16-19-11-7-4-8-12-19/h3-12,17,20-21H,13-16H2,1-2H3,(H,26,30)(H,27,29)(H,28,33)(H,31,32). The van der Waals surface area contributed by atoms with Crippen molar-refractivity contribution in [1.29, 1.82) is 0 Å². The van der Waals surface area contributed by atoms with Crippen LogP contribution in [0.2, 0.25) is 0 Å². The molecule has 188 valence electrons. The molecule has 0 spiro atoms. The molecule has 0 saturated heterocycles. The third kappa shape index (κ3) is 10.1. The minimum atomic E-state index is -1.14. The van der Waals surface area contributed by atoms with E-state index in [0.717, 1.165) is 11.1 Å². The Kier molecular flexibility index (Phi) is 11.6. The molecule has 0 bridgehead atoms. The predicted molar refractivity (Wildman–Crippen MR) is 134 cm³/mol. The number of alkyl carbamates (subject to hydrolysis) is 1. The highest BCUT2D eigenvalue weighted by Gasteiger charge is 2.27. The quantitative estimate of drug-likeness (QED) is 0.331. The van der Waals surface area contributed by atoms with Crippen LogP contribution < -0.4 is 16.0 Å². The maximum absolute atomic E-state index is 13.0. The lowest BCUT2D eigenvalue weighted by Crippen LogP contribution is -2.55. The Hall–Kier alpha value is -3.53. The molecule has 4 N–H and O–H groups in total. The molecule has 0 aliphatic rings. The number of carboxylic acids is 1. The van der Waals surface area contributed by atoms with Gasteiger partial charge in [-0.2, -0.15) is 11.8 Å². The van der Waals surface area contributed by atoms with E-state index in [1.54, 1.807) is 0 Å². The molecule has 3 amide bonds. The molecule has 3 unspecified atom stereocenters. The summed E-state index contributed by atoms with van der Waals surface area (Å²) in [6.07, 6.45) is 1.50. The van der Waals surface area contributed by atoms with Crippen molar-refractivity contribution in [3.63, 3.8) is 0 Å². The van der Waals surface area contributed by atoms with Gasteiger partial charge in [-0.15, -0.1) is 0 Å². The van der Waals surface area contributed by atoms with Crippen molar-refractivity contribution in [2.75, 3.05) is 12.0 Å². The number of amides is 3. The molecule has 3 atom stereocenters. The fourth-order valence-electron chi connectivity index (χ4n) is 3.14. The Morgan fingerprint density at radius 2 is 1.46 bits per heavy atom.